The minimum absolute atomic E-state index is 0.0406. The number of hydrogen-bond donors (Lipinski definition) is 1. The van der Waals surface area contributed by atoms with Crippen molar-refractivity contribution >= 4 is 21.1 Å². The molecule has 27 heavy (non-hydrogen) atoms. The summed E-state index contributed by atoms with van der Waals surface area (Å²) < 4.78 is 30.2. The van der Waals surface area contributed by atoms with Crippen LogP contribution in [-0.4, -0.2) is 30.9 Å². The smallest absolute Gasteiger partial charge is 0.277 e. The van der Waals surface area contributed by atoms with Gasteiger partial charge in [0.1, 0.15) is 5.75 Å². The Balaban J connectivity index is 1.64. The number of nitrogens with two attached hydrogens (primary N) is 1. The lowest BCUT2D eigenvalue weighted by molar-refractivity contribution is 0.399. The lowest BCUT2D eigenvalue weighted by Gasteiger charge is -2.19. The minimum Gasteiger partial charge on any atom is -0.497 e. The number of aromatic nitrogens is 1. The van der Waals surface area contributed by atoms with Crippen LogP contribution in [0.3, 0.4) is 0 Å². The highest BCUT2D eigenvalue weighted by atomic mass is 32.2. The average Bonchev–Trinajstić information content (AvgIpc) is 3.49. The molecule has 1 fully saturated rings. The Hall–Kier alpha value is -2.48. The molecule has 0 amide bonds. The number of pyridine rings is 1. The highest BCUT2D eigenvalue weighted by molar-refractivity contribution is 7.86. The summed E-state index contributed by atoms with van der Waals surface area (Å²) in [7, 11) is -2.05. The van der Waals surface area contributed by atoms with E-state index in [2.05, 4.69) is 4.98 Å². The number of rotatable bonds is 6. The predicted molar refractivity (Wildman–Crippen MR) is 105 cm³/mol. The molecular weight excluding hydrogens is 362 g/mol. The van der Waals surface area contributed by atoms with Gasteiger partial charge < -0.3 is 4.74 Å². The standard InChI is InChI=1S/C20H21N3O3S/c1-26-17-8-9-19-18(10-11-22-20(19)12-17)15-4-2-14(3-5-15)13-23(16-6-7-16)27(21,24)25/h2-5,8-12,16H,6-7,13H2,1H3,(H2,21,24,25). The molecule has 0 saturated heterocycles. The quantitative estimate of drug-likeness (QED) is 0.709. The third-order valence-electron chi connectivity index (χ3n) is 4.83. The van der Waals surface area contributed by atoms with Gasteiger partial charge >= 0.3 is 0 Å². The third kappa shape index (κ3) is 3.80. The van der Waals surface area contributed by atoms with Gasteiger partial charge in [0.15, 0.2) is 0 Å². The zero-order chi connectivity index (χ0) is 19.0. The zero-order valence-electron chi connectivity index (χ0n) is 15.0. The van der Waals surface area contributed by atoms with E-state index in [4.69, 9.17) is 9.88 Å². The van der Waals surface area contributed by atoms with Crippen LogP contribution in [0.15, 0.2) is 54.7 Å². The van der Waals surface area contributed by atoms with Crippen molar-refractivity contribution in [1.82, 2.24) is 9.29 Å². The van der Waals surface area contributed by atoms with E-state index in [9.17, 15) is 8.42 Å². The van der Waals surface area contributed by atoms with Crippen molar-refractivity contribution in [3.05, 3.63) is 60.3 Å². The Bertz CT molecular complexity index is 1080. The van der Waals surface area contributed by atoms with Gasteiger partial charge in [-0.25, -0.2) is 5.14 Å². The van der Waals surface area contributed by atoms with Crippen molar-refractivity contribution in [1.29, 1.82) is 0 Å². The van der Waals surface area contributed by atoms with Crippen LogP contribution in [0.5, 0.6) is 5.75 Å². The molecule has 1 aromatic heterocycles. The van der Waals surface area contributed by atoms with Crippen LogP contribution in [0.25, 0.3) is 22.0 Å². The van der Waals surface area contributed by atoms with E-state index >= 15 is 0 Å². The van der Waals surface area contributed by atoms with E-state index in [-0.39, 0.29) is 6.04 Å². The van der Waals surface area contributed by atoms with Crippen molar-refractivity contribution in [2.75, 3.05) is 7.11 Å². The van der Waals surface area contributed by atoms with Crippen molar-refractivity contribution in [3.8, 4) is 16.9 Å². The molecule has 1 aliphatic carbocycles. The number of methoxy groups -OCH3 is 1. The fraction of sp³-hybridized carbons (Fsp3) is 0.250. The van der Waals surface area contributed by atoms with Gasteiger partial charge in [0.25, 0.3) is 10.2 Å². The molecule has 0 unspecified atom stereocenters. The molecule has 2 aromatic carbocycles. The molecular formula is C20H21N3O3S. The molecule has 0 atom stereocenters. The Kier molecular flexibility index (Phi) is 4.59. The maximum atomic E-state index is 11.8. The van der Waals surface area contributed by atoms with Crippen LogP contribution in [0.1, 0.15) is 18.4 Å². The van der Waals surface area contributed by atoms with E-state index < -0.39 is 10.2 Å². The van der Waals surface area contributed by atoms with Crippen LogP contribution < -0.4 is 9.88 Å². The second-order valence-corrected chi connectivity index (χ2v) is 8.26. The van der Waals surface area contributed by atoms with Crippen molar-refractivity contribution < 1.29 is 13.2 Å². The Morgan fingerprint density at radius 1 is 1.15 bits per heavy atom. The second kappa shape index (κ2) is 6.92. The van der Waals surface area contributed by atoms with Gasteiger partial charge in [-0.15, -0.1) is 0 Å². The molecule has 4 rings (SSSR count). The van der Waals surface area contributed by atoms with Crippen LogP contribution in [0.2, 0.25) is 0 Å². The molecule has 7 heteroatoms. The fourth-order valence-electron chi connectivity index (χ4n) is 3.27. The maximum absolute atomic E-state index is 11.8. The van der Waals surface area contributed by atoms with Crippen LogP contribution in [-0.2, 0) is 16.8 Å². The van der Waals surface area contributed by atoms with Crippen molar-refractivity contribution in [2.24, 2.45) is 5.14 Å². The number of hydrogen-bond acceptors (Lipinski definition) is 4. The van der Waals surface area contributed by atoms with E-state index in [1.54, 1.807) is 13.3 Å². The summed E-state index contributed by atoms with van der Waals surface area (Å²) in [5, 5.41) is 6.39. The summed E-state index contributed by atoms with van der Waals surface area (Å²) in [5.41, 5.74) is 3.90. The topological polar surface area (TPSA) is 85.5 Å². The molecule has 140 valence electrons. The largest absolute Gasteiger partial charge is 0.497 e. The number of nitrogens with zero attached hydrogens (tertiary/aromatic N) is 2. The van der Waals surface area contributed by atoms with E-state index in [0.717, 1.165) is 46.2 Å². The first-order valence-electron chi connectivity index (χ1n) is 8.77. The molecule has 6 nitrogen and oxygen atoms in total. The lowest BCUT2D eigenvalue weighted by Crippen LogP contribution is -2.37. The Labute approximate surface area is 158 Å². The molecule has 0 bridgehead atoms. The summed E-state index contributed by atoms with van der Waals surface area (Å²) in [4.78, 5) is 4.42. The summed E-state index contributed by atoms with van der Waals surface area (Å²) in [6.45, 7) is 0.304. The molecule has 1 heterocycles. The van der Waals surface area contributed by atoms with Crippen LogP contribution in [0, 0.1) is 0 Å². The molecule has 1 saturated carbocycles. The summed E-state index contributed by atoms with van der Waals surface area (Å²) >= 11 is 0. The lowest BCUT2D eigenvalue weighted by atomic mass is 10.00. The van der Waals surface area contributed by atoms with Crippen LogP contribution in [0.4, 0.5) is 0 Å². The molecule has 3 aromatic rings. The number of ether oxygens (including phenoxy) is 1. The van der Waals surface area contributed by atoms with Gasteiger partial charge in [-0.05, 0) is 47.7 Å². The SMILES string of the molecule is COc1ccc2c(-c3ccc(CN(C4CC4)S(N)(=O)=O)cc3)ccnc2c1. The van der Waals surface area contributed by atoms with E-state index in [1.165, 1.54) is 4.31 Å². The van der Waals surface area contributed by atoms with Crippen LogP contribution >= 0.6 is 0 Å². The zero-order valence-corrected chi connectivity index (χ0v) is 15.8. The fourth-order valence-corrected chi connectivity index (χ4v) is 4.22. The van der Waals surface area contributed by atoms with E-state index in [0.29, 0.717) is 6.54 Å². The van der Waals surface area contributed by atoms with Crippen molar-refractivity contribution in [2.45, 2.75) is 25.4 Å². The van der Waals surface area contributed by atoms with Gasteiger partial charge in [0.2, 0.25) is 0 Å². The second-order valence-electron chi connectivity index (χ2n) is 6.76. The molecule has 0 radical (unpaired) electrons. The third-order valence-corrected chi connectivity index (χ3v) is 5.92. The van der Waals surface area contributed by atoms with Gasteiger partial charge in [-0.3, -0.25) is 4.98 Å². The van der Waals surface area contributed by atoms with Gasteiger partial charge in [-0.1, -0.05) is 24.3 Å². The first kappa shape index (κ1) is 17.9. The Morgan fingerprint density at radius 2 is 1.89 bits per heavy atom. The van der Waals surface area contributed by atoms with Gasteiger partial charge in [0, 0.05) is 30.2 Å². The van der Waals surface area contributed by atoms with E-state index in [1.807, 2.05) is 48.5 Å². The molecule has 0 aliphatic heterocycles. The maximum Gasteiger partial charge on any atom is 0.277 e. The highest BCUT2D eigenvalue weighted by Crippen LogP contribution is 2.32. The molecule has 2 N–H and O–H groups in total. The average molecular weight is 383 g/mol. The minimum atomic E-state index is -3.68. The molecule has 0 spiro atoms. The monoisotopic (exact) mass is 383 g/mol. The van der Waals surface area contributed by atoms with Crippen molar-refractivity contribution in [3.63, 3.8) is 0 Å². The first-order valence-corrected chi connectivity index (χ1v) is 10.3. The first-order chi connectivity index (χ1) is 13.0. The predicted octanol–water partition coefficient (Wildman–Crippen LogP) is 3.08. The number of benzene rings is 2. The summed E-state index contributed by atoms with van der Waals surface area (Å²) in [5.74, 6) is 0.769. The van der Waals surface area contributed by atoms with Gasteiger partial charge in [-0.2, -0.15) is 12.7 Å². The Morgan fingerprint density at radius 3 is 2.52 bits per heavy atom. The molecule has 1 aliphatic rings. The highest BCUT2D eigenvalue weighted by Gasteiger charge is 2.35. The number of fused-ring (bicyclic) bond motifs is 1. The summed E-state index contributed by atoms with van der Waals surface area (Å²) in [6, 6.07) is 15.8. The van der Waals surface area contributed by atoms with Gasteiger partial charge in [0.05, 0.1) is 12.6 Å². The summed E-state index contributed by atoms with van der Waals surface area (Å²) in [6.07, 6.45) is 3.53. The normalized spacial score (nSPS) is 14.6.